The Labute approximate surface area is 145 Å². The summed E-state index contributed by atoms with van der Waals surface area (Å²) in [5.74, 6) is -4.84. The van der Waals surface area contributed by atoms with Crippen LogP contribution in [0.25, 0.3) is 0 Å². The fourth-order valence-corrected chi connectivity index (χ4v) is 2.84. The Bertz CT molecular complexity index is 573. The van der Waals surface area contributed by atoms with Gasteiger partial charge in [-0.05, 0) is 47.1 Å². The van der Waals surface area contributed by atoms with E-state index in [0.717, 1.165) is 13.0 Å². The van der Waals surface area contributed by atoms with Crippen molar-refractivity contribution in [3.05, 3.63) is 35.1 Å². The first-order valence-electron chi connectivity index (χ1n) is 7.82. The highest BCUT2D eigenvalue weighted by Gasteiger charge is 2.51. The van der Waals surface area contributed by atoms with Gasteiger partial charge in [-0.3, -0.25) is 0 Å². The molecule has 0 heterocycles. The monoisotopic (exact) mass is 365 g/mol. The Kier molecular flexibility index (Phi) is 6.42. The second-order valence-electron chi connectivity index (χ2n) is 7.13. The van der Waals surface area contributed by atoms with Crippen LogP contribution in [-0.4, -0.2) is 20.0 Å². The van der Waals surface area contributed by atoms with Crippen LogP contribution >= 0.6 is 0 Å². The third-order valence-corrected chi connectivity index (χ3v) is 5.72. The topological polar surface area (TPSA) is 55.3 Å². The maximum absolute atomic E-state index is 14.7. The van der Waals surface area contributed by atoms with Crippen molar-refractivity contribution in [2.24, 2.45) is 0 Å². The van der Waals surface area contributed by atoms with E-state index in [1.807, 2.05) is 0 Å². The third kappa shape index (κ3) is 4.25. The van der Waals surface area contributed by atoms with Crippen LogP contribution in [0, 0.1) is 5.82 Å². The molecule has 3 nitrogen and oxygen atoms in total. The number of alkyl halides is 2. The van der Waals surface area contributed by atoms with Crippen LogP contribution in [0.1, 0.15) is 65.1 Å². The molecule has 2 N–H and O–H groups in total. The van der Waals surface area contributed by atoms with Crippen molar-refractivity contribution in [1.29, 1.82) is 0 Å². The van der Waals surface area contributed by atoms with Crippen LogP contribution < -0.4 is 4.72 Å². The van der Waals surface area contributed by atoms with E-state index >= 15 is 0 Å². The van der Waals surface area contributed by atoms with Gasteiger partial charge in [0.25, 0.3) is 0 Å². The van der Waals surface area contributed by atoms with Gasteiger partial charge < -0.3 is 9.66 Å². The first kappa shape index (κ1) is 21.3. The van der Waals surface area contributed by atoms with Gasteiger partial charge in [0.15, 0.2) is 0 Å². The average molecular weight is 365 g/mol. The minimum absolute atomic E-state index is 0.0170. The molecular formula is C17H26F3NO2S. The normalized spacial score (nSPS) is 18.1. The lowest BCUT2D eigenvalue weighted by atomic mass is 9.87. The molecule has 0 amide bonds. The molecule has 0 fully saturated rings. The van der Waals surface area contributed by atoms with Crippen LogP contribution in [0.15, 0.2) is 18.2 Å². The summed E-state index contributed by atoms with van der Waals surface area (Å²) in [5.41, 5.74) is -3.24. The number of hydrogen-bond donors (Lipinski definition) is 2. The fourth-order valence-electron chi connectivity index (χ4n) is 2.04. The van der Waals surface area contributed by atoms with Crippen LogP contribution in [0.2, 0.25) is 0 Å². The smallest absolute Gasteiger partial charge is 0.303 e. The van der Waals surface area contributed by atoms with Crippen molar-refractivity contribution in [2.75, 3.05) is 0 Å². The first-order valence-corrected chi connectivity index (χ1v) is 8.97. The number of benzene rings is 1. The van der Waals surface area contributed by atoms with Crippen LogP contribution in [0.3, 0.4) is 0 Å². The van der Waals surface area contributed by atoms with Gasteiger partial charge in [-0.2, -0.15) is 8.78 Å². The van der Waals surface area contributed by atoms with Gasteiger partial charge in [-0.1, -0.05) is 19.1 Å². The Morgan fingerprint density at radius 2 is 1.79 bits per heavy atom. The van der Waals surface area contributed by atoms with E-state index in [2.05, 4.69) is 4.72 Å². The molecule has 1 rings (SSSR count). The van der Waals surface area contributed by atoms with Gasteiger partial charge in [0.05, 0.1) is 11.6 Å². The molecule has 138 valence electrons. The molecular weight excluding hydrogens is 339 g/mol. The lowest BCUT2D eigenvalue weighted by Crippen LogP contribution is -2.43. The zero-order valence-electron chi connectivity index (χ0n) is 14.9. The van der Waals surface area contributed by atoms with Crippen molar-refractivity contribution < 1.29 is 22.8 Å². The molecule has 24 heavy (non-hydrogen) atoms. The van der Waals surface area contributed by atoms with Gasteiger partial charge in [0, 0.05) is 16.9 Å². The molecule has 0 radical (unpaired) electrons. The van der Waals surface area contributed by atoms with Crippen LogP contribution in [-0.2, 0) is 17.3 Å². The summed E-state index contributed by atoms with van der Waals surface area (Å²) < 4.78 is 58.0. The maximum atomic E-state index is 14.7. The molecule has 1 aromatic carbocycles. The molecule has 0 aliphatic carbocycles. The predicted molar refractivity (Wildman–Crippen MR) is 90.7 cm³/mol. The molecule has 3 atom stereocenters. The number of rotatable bonds is 6. The van der Waals surface area contributed by atoms with Crippen molar-refractivity contribution >= 4 is 11.4 Å². The van der Waals surface area contributed by atoms with E-state index in [-0.39, 0.29) is 12.0 Å². The SMILES string of the molecule is CCC(C)(O)C(F)(F)c1cccc(C(C)N[S@+]([O-])C(C)(C)C)c1F. The molecule has 7 heteroatoms. The minimum atomic E-state index is -3.75. The Hall–Kier alpha value is -0.760. The molecule has 2 unspecified atom stereocenters. The summed E-state index contributed by atoms with van der Waals surface area (Å²) in [7, 11) is 0. The van der Waals surface area contributed by atoms with Crippen molar-refractivity contribution in [3.8, 4) is 0 Å². The molecule has 0 bridgehead atoms. The van der Waals surface area contributed by atoms with Crippen molar-refractivity contribution in [2.45, 2.75) is 70.3 Å². The molecule has 1 aromatic rings. The summed E-state index contributed by atoms with van der Waals surface area (Å²) in [4.78, 5) is 0. The van der Waals surface area contributed by atoms with Crippen molar-refractivity contribution in [3.63, 3.8) is 0 Å². The zero-order valence-corrected chi connectivity index (χ0v) is 15.7. The highest BCUT2D eigenvalue weighted by Crippen LogP contribution is 2.42. The van der Waals surface area contributed by atoms with Gasteiger partial charge >= 0.3 is 5.92 Å². The minimum Gasteiger partial charge on any atom is -0.598 e. The molecule has 0 saturated carbocycles. The Morgan fingerprint density at radius 1 is 1.25 bits per heavy atom. The lowest BCUT2D eigenvalue weighted by molar-refractivity contribution is -0.181. The van der Waals surface area contributed by atoms with E-state index in [0.29, 0.717) is 0 Å². The summed E-state index contributed by atoms with van der Waals surface area (Å²) >= 11 is -1.48. The zero-order chi connectivity index (χ0) is 18.9. The second kappa shape index (κ2) is 7.23. The van der Waals surface area contributed by atoms with Crippen LogP contribution in [0.5, 0.6) is 0 Å². The van der Waals surface area contributed by atoms with E-state index in [1.165, 1.54) is 19.1 Å². The second-order valence-corrected chi connectivity index (χ2v) is 9.13. The van der Waals surface area contributed by atoms with E-state index in [9.17, 15) is 22.8 Å². The van der Waals surface area contributed by atoms with E-state index < -0.39 is 45.1 Å². The lowest BCUT2D eigenvalue weighted by Gasteiger charge is -2.33. The predicted octanol–water partition coefficient (Wildman–Crippen LogP) is 4.19. The number of hydrogen-bond acceptors (Lipinski definition) is 3. The van der Waals surface area contributed by atoms with Crippen LogP contribution in [0.4, 0.5) is 13.2 Å². The van der Waals surface area contributed by atoms with Gasteiger partial charge in [-0.25, -0.2) is 4.39 Å². The molecule has 0 aromatic heterocycles. The first-order chi connectivity index (χ1) is 10.8. The maximum Gasteiger partial charge on any atom is 0.303 e. The highest BCUT2D eigenvalue weighted by atomic mass is 32.2. The summed E-state index contributed by atoms with van der Waals surface area (Å²) in [6, 6.07) is 2.92. The van der Waals surface area contributed by atoms with Crippen molar-refractivity contribution in [1.82, 2.24) is 4.72 Å². The number of halogens is 3. The molecule has 0 spiro atoms. The van der Waals surface area contributed by atoms with Gasteiger partial charge in [-0.15, -0.1) is 4.72 Å². The molecule has 0 aliphatic heterocycles. The Morgan fingerprint density at radius 3 is 2.25 bits per heavy atom. The van der Waals surface area contributed by atoms with E-state index in [4.69, 9.17) is 0 Å². The average Bonchev–Trinajstić information content (AvgIpc) is 2.45. The van der Waals surface area contributed by atoms with E-state index in [1.54, 1.807) is 27.7 Å². The number of aliphatic hydroxyl groups is 1. The highest BCUT2D eigenvalue weighted by molar-refractivity contribution is 7.90. The number of nitrogens with one attached hydrogen (secondary N) is 1. The third-order valence-electron chi connectivity index (χ3n) is 4.04. The quantitative estimate of drug-likeness (QED) is 0.743. The summed E-state index contributed by atoms with van der Waals surface area (Å²) in [6.45, 7) is 9.20. The summed E-state index contributed by atoms with van der Waals surface area (Å²) in [5, 5.41) is 9.93. The standard InChI is InChI=1S/C17H26F3NO2S/c1-7-16(6,22)17(19,20)13-10-8-9-12(14(13)18)11(2)21-24(23)15(3,4)5/h8-11,21-22H,7H2,1-6H3/t11?,16?,24-/m1/s1. The largest absolute Gasteiger partial charge is 0.598 e. The fraction of sp³-hybridized carbons (Fsp3) is 0.647. The molecule has 0 saturated heterocycles. The Balaban J connectivity index is 3.23. The van der Waals surface area contributed by atoms with Gasteiger partial charge in [0.1, 0.15) is 16.2 Å². The summed E-state index contributed by atoms with van der Waals surface area (Å²) in [6.07, 6.45) is -0.231. The molecule has 0 aliphatic rings. The van der Waals surface area contributed by atoms with Gasteiger partial charge in [0.2, 0.25) is 0 Å².